The predicted octanol–water partition coefficient (Wildman–Crippen LogP) is 6.79. The molecule has 8 heteroatoms. The van der Waals surface area contributed by atoms with Gasteiger partial charge in [-0.1, -0.05) is 65.1 Å². The van der Waals surface area contributed by atoms with Gasteiger partial charge in [0.2, 0.25) is 0 Å². The number of rotatable bonds is 3. The molecule has 5 nitrogen and oxygen atoms in total. The van der Waals surface area contributed by atoms with Gasteiger partial charge in [0.15, 0.2) is 0 Å². The lowest BCUT2D eigenvalue weighted by Crippen LogP contribution is -2.14. The Kier molecular flexibility index (Phi) is 5.02. The first-order valence-corrected chi connectivity index (χ1v) is 10.4. The zero-order valence-corrected chi connectivity index (χ0v) is 18.1. The van der Waals surface area contributed by atoms with Gasteiger partial charge in [-0.25, -0.2) is 4.98 Å². The molecule has 3 aromatic carbocycles. The number of para-hydroxylation sites is 3. The van der Waals surface area contributed by atoms with Gasteiger partial charge in [-0.15, -0.1) is 0 Å². The summed E-state index contributed by atoms with van der Waals surface area (Å²) >= 11 is 18.9. The highest BCUT2D eigenvalue weighted by Gasteiger charge is 2.18. The molecule has 2 heterocycles. The molecule has 0 unspecified atom stereocenters. The van der Waals surface area contributed by atoms with Crippen molar-refractivity contribution in [2.45, 2.75) is 0 Å². The third-order valence-corrected chi connectivity index (χ3v) is 5.86. The Morgan fingerprint density at radius 3 is 2.39 bits per heavy atom. The Hall–Kier alpha value is -3.12. The van der Waals surface area contributed by atoms with E-state index in [1.54, 1.807) is 36.8 Å². The van der Waals surface area contributed by atoms with Crippen LogP contribution in [0.15, 0.2) is 73.2 Å². The van der Waals surface area contributed by atoms with Gasteiger partial charge in [-0.2, -0.15) is 0 Å². The van der Waals surface area contributed by atoms with Crippen LogP contribution in [-0.4, -0.2) is 20.4 Å². The number of halogens is 3. The van der Waals surface area contributed by atoms with Crippen LogP contribution in [0.3, 0.4) is 0 Å². The summed E-state index contributed by atoms with van der Waals surface area (Å²) in [5, 5.41) is 4.64. The molecule has 0 spiro atoms. The van der Waals surface area contributed by atoms with Crippen molar-refractivity contribution in [1.82, 2.24) is 14.5 Å². The van der Waals surface area contributed by atoms with E-state index in [1.165, 1.54) is 0 Å². The maximum Gasteiger partial charge on any atom is 0.258 e. The number of hydrogen-bond donors (Lipinski definition) is 1. The van der Waals surface area contributed by atoms with Crippen LogP contribution in [0, 0.1) is 0 Å². The lowest BCUT2D eigenvalue weighted by atomic mass is 10.1. The molecule has 2 aromatic heterocycles. The maximum absolute atomic E-state index is 12.9. The van der Waals surface area contributed by atoms with Gasteiger partial charge in [-0.3, -0.25) is 14.3 Å². The van der Waals surface area contributed by atoms with Gasteiger partial charge in [-0.05, 0) is 30.3 Å². The molecule has 0 aliphatic carbocycles. The molecule has 0 saturated heterocycles. The fourth-order valence-corrected chi connectivity index (χ4v) is 4.38. The molecule has 0 aliphatic heterocycles. The summed E-state index contributed by atoms with van der Waals surface area (Å²) in [7, 11) is 0. The van der Waals surface area contributed by atoms with E-state index in [4.69, 9.17) is 34.8 Å². The number of benzene rings is 3. The number of carbonyl (C=O) groups is 1. The molecule has 0 saturated carbocycles. The first kappa shape index (κ1) is 19.8. The minimum absolute atomic E-state index is 0.206. The highest BCUT2D eigenvalue weighted by Crippen LogP contribution is 2.34. The number of imidazole rings is 1. The summed E-state index contributed by atoms with van der Waals surface area (Å²) in [6, 6.07) is 18.2. The molecule has 5 rings (SSSR count). The Bertz CT molecular complexity index is 1460. The quantitative estimate of drug-likeness (QED) is 0.318. The van der Waals surface area contributed by atoms with E-state index >= 15 is 0 Å². The van der Waals surface area contributed by atoms with E-state index in [2.05, 4.69) is 15.3 Å². The largest absolute Gasteiger partial charge is 0.320 e. The number of amides is 1. The molecular formula is C23H13Cl3N4O. The number of fused-ring (bicyclic) bond motifs is 2. The molecule has 31 heavy (non-hydrogen) atoms. The minimum Gasteiger partial charge on any atom is -0.320 e. The standard InChI is InChI=1S/C23H13Cl3N4O/c24-14-6-4-7-15(25)20(14)23(31)29-18-9-3-5-13-21(18)27-11-16(26)22(13)30-12-28-17-8-1-2-10-19(17)30/h1-12H,(H,29,31). The molecule has 1 amide bonds. The van der Waals surface area contributed by atoms with Crippen LogP contribution in [0.2, 0.25) is 15.1 Å². The van der Waals surface area contributed by atoms with E-state index in [0.29, 0.717) is 16.2 Å². The molecule has 0 aliphatic rings. The van der Waals surface area contributed by atoms with Gasteiger partial charge in [0, 0.05) is 11.6 Å². The Morgan fingerprint density at radius 1 is 0.839 bits per heavy atom. The third kappa shape index (κ3) is 3.41. The summed E-state index contributed by atoms with van der Waals surface area (Å²) in [5.41, 5.74) is 3.79. The van der Waals surface area contributed by atoms with Gasteiger partial charge in [0.05, 0.1) is 48.6 Å². The molecule has 0 fully saturated rings. The first-order valence-electron chi connectivity index (χ1n) is 9.29. The number of nitrogens with one attached hydrogen (secondary N) is 1. The Balaban J connectivity index is 1.66. The number of pyridine rings is 1. The first-order chi connectivity index (χ1) is 15.0. The molecular weight excluding hydrogens is 455 g/mol. The SMILES string of the molecule is O=C(Nc1cccc2c(-n3cnc4ccccc43)c(Cl)cnc12)c1c(Cl)cccc1Cl. The molecule has 0 atom stereocenters. The van der Waals surface area contributed by atoms with E-state index < -0.39 is 5.91 Å². The fourth-order valence-electron chi connectivity index (χ4n) is 3.57. The summed E-state index contributed by atoms with van der Waals surface area (Å²) in [4.78, 5) is 21.8. The Labute approximate surface area is 192 Å². The van der Waals surface area contributed by atoms with Crippen LogP contribution in [0.25, 0.3) is 27.6 Å². The molecule has 0 bridgehead atoms. The third-order valence-electron chi connectivity index (χ3n) is 4.96. The van der Waals surface area contributed by atoms with Crippen molar-refractivity contribution < 1.29 is 4.79 Å². The average Bonchev–Trinajstić information content (AvgIpc) is 3.17. The fraction of sp³-hybridized carbons (Fsp3) is 0. The number of carbonyl (C=O) groups excluding carboxylic acids is 1. The normalized spacial score (nSPS) is 11.2. The average molecular weight is 468 g/mol. The zero-order valence-electron chi connectivity index (χ0n) is 15.8. The smallest absolute Gasteiger partial charge is 0.258 e. The van der Waals surface area contributed by atoms with Crippen LogP contribution in [0.4, 0.5) is 5.69 Å². The van der Waals surface area contributed by atoms with Crippen LogP contribution in [0.5, 0.6) is 0 Å². The molecule has 152 valence electrons. The summed E-state index contributed by atoms with van der Waals surface area (Å²) in [6.07, 6.45) is 3.28. The number of anilines is 1. The van der Waals surface area contributed by atoms with Crippen molar-refractivity contribution in [3.8, 4) is 5.69 Å². The van der Waals surface area contributed by atoms with Crippen molar-refractivity contribution in [2.24, 2.45) is 0 Å². The van der Waals surface area contributed by atoms with Gasteiger partial charge in [0.25, 0.3) is 5.91 Å². The van der Waals surface area contributed by atoms with Gasteiger partial charge >= 0.3 is 0 Å². The second kappa shape index (κ2) is 7.85. The number of nitrogens with zero attached hydrogens (tertiary/aromatic N) is 3. The topological polar surface area (TPSA) is 59.8 Å². The van der Waals surface area contributed by atoms with Gasteiger partial charge in [0.1, 0.15) is 6.33 Å². The van der Waals surface area contributed by atoms with Crippen molar-refractivity contribution in [3.63, 3.8) is 0 Å². The van der Waals surface area contributed by atoms with Crippen LogP contribution < -0.4 is 5.32 Å². The highest BCUT2D eigenvalue weighted by atomic mass is 35.5. The van der Waals surface area contributed by atoms with Crippen molar-refractivity contribution in [2.75, 3.05) is 5.32 Å². The monoisotopic (exact) mass is 466 g/mol. The highest BCUT2D eigenvalue weighted by molar-refractivity contribution is 6.40. The van der Waals surface area contributed by atoms with Gasteiger partial charge < -0.3 is 5.32 Å². The second-order valence-corrected chi connectivity index (χ2v) is 8.03. The summed E-state index contributed by atoms with van der Waals surface area (Å²) < 4.78 is 1.91. The Morgan fingerprint density at radius 2 is 1.58 bits per heavy atom. The zero-order chi connectivity index (χ0) is 21.5. The van der Waals surface area contributed by atoms with Crippen molar-refractivity contribution >= 4 is 68.3 Å². The summed E-state index contributed by atoms with van der Waals surface area (Å²) in [6.45, 7) is 0. The van der Waals surface area contributed by atoms with Crippen molar-refractivity contribution in [1.29, 1.82) is 0 Å². The lowest BCUT2D eigenvalue weighted by Gasteiger charge is -2.14. The van der Waals surface area contributed by atoms with Crippen molar-refractivity contribution in [3.05, 3.63) is 93.8 Å². The van der Waals surface area contributed by atoms with E-state index in [9.17, 15) is 4.79 Å². The van der Waals surface area contributed by atoms with Crippen LogP contribution >= 0.6 is 34.8 Å². The maximum atomic E-state index is 12.9. The summed E-state index contributed by atoms with van der Waals surface area (Å²) in [5.74, 6) is -0.422. The van der Waals surface area contributed by atoms with E-state index in [-0.39, 0.29) is 15.6 Å². The lowest BCUT2D eigenvalue weighted by molar-refractivity contribution is 0.102. The predicted molar refractivity (Wildman–Crippen MR) is 126 cm³/mol. The second-order valence-electron chi connectivity index (χ2n) is 6.81. The van der Waals surface area contributed by atoms with Crippen LogP contribution in [0.1, 0.15) is 10.4 Å². The van der Waals surface area contributed by atoms with E-state index in [1.807, 2.05) is 41.0 Å². The van der Waals surface area contributed by atoms with E-state index in [0.717, 1.165) is 22.1 Å². The van der Waals surface area contributed by atoms with Crippen LogP contribution in [-0.2, 0) is 0 Å². The minimum atomic E-state index is -0.422. The molecule has 0 radical (unpaired) electrons. The molecule has 1 N–H and O–H groups in total. The molecule has 5 aromatic rings. The number of aromatic nitrogens is 3. The number of hydrogen-bond acceptors (Lipinski definition) is 3.